The Bertz CT molecular complexity index is 237. The molecule has 0 aromatic heterocycles. The van der Waals surface area contributed by atoms with Crippen molar-refractivity contribution in [3.63, 3.8) is 0 Å². The summed E-state index contributed by atoms with van der Waals surface area (Å²) in [6.45, 7) is 4.15. The van der Waals surface area contributed by atoms with Gasteiger partial charge in [-0.25, -0.2) is 0 Å². The van der Waals surface area contributed by atoms with E-state index in [0.29, 0.717) is 0 Å². The number of unbranched alkanes of at least 4 members (excludes halogenated alkanes) is 5. The monoisotopic (exact) mass is 496 g/mol. The van der Waals surface area contributed by atoms with E-state index < -0.39 is 12.3 Å². The average Bonchev–Trinajstić information content (AvgIpc) is 2.22. The van der Waals surface area contributed by atoms with Crippen molar-refractivity contribution < 1.29 is 59.2 Å². The molecule has 0 radical (unpaired) electrons. The summed E-state index contributed by atoms with van der Waals surface area (Å²) in [5.41, 5.74) is 0. The summed E-state index contributed by atoms with van der Waals surface area (Å²) in [6, 6.07) is 0. The molecule has 0 fully saturated rings. The second-order valence-corrected chi connectivity index (χ2v) is 3.09. The maximum atomic E-state index is 8.33. The Balaban J connectivity index is -0.000000105. The van der Waals surface area contributed by atoms with Crippen molar-refractivity contribution in [3.8, 4) is 11.8 Å². The molecule has 0 spiro atoms. The molecule has 0 unspecified atom stereocenters. The Labute approximate surface area is 135 Å². The first-order valence-corrected chi connectivity index (χ1v) is 5.54. The SMILES string of the molecule is CC#CCCCCCCC.O=C([O-])[O-].O=C([O-])[O-].[Pu]. The summed E-state index contributed by atoms with van der Waals surface area (Å²) in [4.78, 5) is 16.7. The van der Waals surface area contributed by atoms with Crippen molar-refractivity contribution in [3.05, 3.63) is 0 Å². The first-order valence-electron chi connectivity index (χ1n) is 5.54. The molecule has 6 nitrogen and oxygen atoms in total. The van der Waals surface area contributed by atoms with Crippen molar-refractivity contribution in [2.24, 2.45) is 0 Å². The van der Waals surface area contributed by atoms with Crippen molar-refractivity contribution in [1.29, 1.82) is 0 Å². The van der Waals surface area contributed by atoms with Crippen LogP contribution in [0, 0.1) is 41.0 Å². The molecule has 0 heterocycles. The number of hydrogen-bond acceptors (Lipinski definition) is 6. The standard InChI is InChI=1S/C10H18.2CH2O3.Pu/c1-3-5-7-9-10-8-6-4-2;2*2-1(3)4;/h3,5,7-10H2,1-2H3;2*(H2,2,3,4);/p-4. The van der Waals surface area contributed by atoms with Gasteiger partial charge in [0.15, 0.2) is 0 Å². The zero-order valence-electron chi connectivity index (χ0n) is 11.1. The van der Waals surface area contributed by atoms with Gasteiger partial charge in [-0.1, -0.05) is 32.6 Å². The van der Waals surface area contributed by atoms with Gasteiger partial charge in [0.1, 0.15) is 0 Å². The topological polar surface area (TPSA) is 126 Å². The Morgan fingerprint density at radius 3 is 1.58 bits per heavy atom. The molecule has 0 bridgehead atoms. The van der Waals surface area contributed by atoms with Gasteiger partial charge in [-0.05, 0) is 25.7 Å². The van der Waals surface area contributed by atoms with Gasteiger partial charge >= 0.3 is 0 Å². The van der Waals surface area contributed by atoms with Crippen LogP contribution in [0.15, 0.2) is 0 Å². The second kappa shape index (κ2) is 25.8. The quantitative estimate of drug-likeness (QED) is 0.332. The maximum absolute atomic E-state index is 8.33. The molecule has 112 valence electrons. The largest absolute Gasteiger partial charge is 0.652 e. The predicted molar refractivity (Wildman–Crippen MR) is 57.6 cm³/mol. The molecule has 0 aromatic rings. The molecule has 0 aromatic carbocycles. The fourth-order valence-corrected chi connectivity index (χ4v) is 0.942. The van der Waals surface area contributed by atoms with Gasteiger partial charge in [-0.3, -0.25) is 0 Å². The molecule has 0 amide bonds. The molecule has 7 heteroatoms. The summed E-state index contributed by atoms with van der Waals surface area (Å²) in [7, 11) is 0. The van der Waals surface area contributed by atoms with Crippen LogP contribution in [0.3, 0.4) is 0 Å². The Kier molecular flexibility index (Phi) is 36.2. The van der Waals surface area contributed by atoms with Crippen LogP contribution in [0.4, 0.5) is 9.59 Å². The van der Waals surface area contributed by atoms with Crippen LogP contribution in [0.5, 0.6) is 0 Å². The van der Waals surface area contributed by atoms with Gasteiger partial charge in [0, 0.05) is 35.6 Å². The smallest absolute Gasteiger partial charge is 0.00885 e. The third kappa shape index (κ3) is 105. The Hall–Kier alpha value is -0.913. The second-order valence-electron chi connectivity index (χ2n) is 3.09. The van der Waals surface area contributed by atoms with Gasteiger partial charge in [0.2, 0.25) is 0 Å². The number of carboxylic acid groups (broad SMARTS) is 4. The number of rotatable bonds is 5. The van der Waals surface area contributed by atoms with E-state index in [-0.39, 0.29) is 29.2 Å². The van der Waals surface area contributed by atoms with E-state index in [9.17, 15) is 0 Å². The van der Waals surface area contributed by atoms with E-state index in [2.05, 4.69) is 18.8 Å². The van der Waals surface area contributed by atoms with Crippen LogP contribution in [-0.4, -0.2) is 12.3 Å². The van der Waals surface area contributed by atoms with Crippen LogP contribution < -0.4 is 20.4 Å². The molecule has 0 rings (SSSR count). The normalized spacial score (nSPS) is 7.05. The molecular weight excluding hydrogens is 484 g/mol. The minimum atomic E-state index is -2.33. The Morgan fingerprint density at radius 1 is 0.895 bits per heavy atom. The summed E-state index contributed by atoms with van der Waals surface area (Å²) in [5, 5.41) is 33.3. The van der Waals surface area contributed by atoms with Crippen LogP contribution in [-0.2, 0) is 0 Å². The number of carbonyl (C=O) groups excluding carboxylic acids is 2. The van der Waals surface area contributed by atoms with Crippen molar-refractivity contribution >= 4 is 12.3 Å². The number of carbonyl (C=O) groups is 2. The fraction of sp³-hybridized carbons (Fsp3) is 0.667. The minimum Gasteiger partial charge on any atom is -0.652 e. The molecule has 0 aliphatic heterocycles. The van der Waals surface area contributed by atoms with E-state index in [1.165, 1.54) is 32.1 Å². The van der Waals surface area contributed by atoms with E-state index in [1.807, 2.05) is 6.92 Å². The fourth-order valence-electron chi connectivity index (χ4n) is 0.942. The van der Waals surface area contributed by atoms with Gasteiger partial charge in [-0.2, -0.15) is 0 Å². The van der Waals surface area contributed by atoms with Gasteiger partial charge in [0.25, 0.3) is 0 Å². The maximum Gasteiger partial charge on any atom is 0.00885 e. The summed E-state index contributed by atoms with van der Waals surface area (Å²) in [6.07, 6.45) is 3.20. The van der Waals surface area contributed by atoms with Gasteiger partial charge in [-0.15, -0.1) is 11.8 Å². The zero-order valence-corrected chi connectivity index (χ0v) is 14.5. The first-order chi connectivity index (χ1) is 8.38. The summed E-state index contributed by atoms with van der Waals surface area (Å²) < 4.78 is 0. The van der Waals surface area contributed by atoms with Gasteiger partial charge < -0.3 is 30.0 Å². The molecule has 0 aliphatic rings. The molecular formula is C12H18O6Pu-4. The molecule has 0 saturated heterocycles. The molecule has 0 atom stereocenters. The zero-order chi connectivity index (χ0) is 14.8. The van der Waals surface area contributed by atoms with Crippen LogP contribution >= 0.6 is 0 Å². The first kappa shape index (κ1) is 26.6. The van der Waals surface area contributed by atoms with Crippen LogP contribution in [0.2, 0.25) is 0 Å². The van der Waals surface area contributed by atoms with E-state index >= 15 is 0 Å². The van der Waals surface area contributed by atoms with Crippen LogP contribution in [0.25, 0.3) is 0 Å². The minimum absolute atomic E-state index is 0. The molecule has 0 N–H and O–H groups in total. The van der Waals surface area contributed by atoms with Crippen molar-refractivity contribution in [2.45, 2.75) is 52.4 Å². The van der Waals surface area contributed by atoms with Crippen LogP contribution in [0.1, 0.15) is 52.4 Å². The van der Waals surface area contributed by atoms with Crippen molar-refractivity contribution in [2.75, 3.05) is 0 Å². The van der Waals surface area contributed by atoms with Gasteiger partial charge in [0.05, 0.1) is 0 Å². The molecule has 19 heavy (non-hydrogen) atoms. The summed E-state index contributed by atoms with van der Waals surface area (Å²) in [5.74, 6) is 5.98. The molecule has 0 aliphatic carbocycles. The molecule has 0 saturated carbocycles. The summed E-state index contributed by atoms with van der Waals surface area (Å²) >= 11 is 0. The third-order valence-electron chi connectivity index (χ3n) is 1.58. The Morgan fingerprint density at radius 2 is 1.26 bits per heavy atom. The number of hydrogen-bond donors (Lipinski definition) is 0. The third-order valence-corrected chi connectivity index (χ3v) is 1.58. The average molecular weight is 502 g/mol. The van der Waals surface area contributed by atoms with E-state index in [4.69, 9.17) is 30.0 Å². The van der Waals surface area contributed by atoms with Crippen molar-refractivity contribution in [1.82, 2.24) is 0 Å². The predicted octanol–water partition coefficient (Wildman–Crippen LogP) is -1.52. The van der Waals surface area contributed by atoms with E-state index in [1.54, 1.807) is 0 Å². The van der Waals surface area contributed by atoms with E-state index in [0.717, 1.165) is 6.42 Å².